The van der Waals surface area contributed by atoms with Crippen LogP contribution in [0.3, 0.4) is 0 Å². The molecule has 1 aliphatic heterocycles. The van der Waals surface area contributed by atoms with E-state index in [1.165, 1.54) is 25.3 Å². The van der Waals surface area contributed by atoms with Gasteiger partial charge < -0.3 is 18.9 Å². The summed E-state index contributed by atoms with van der Waals surface area (Å²) in [6, 6.07) is 0. The maximum Gasteiger partial charge on any atom is 0.347 e. The van der Waals surface area contributed by atoms with Gasteiger partial charge in [0.2, 0.25) is 0 Å². The van der Waals surface area contributed by atoms with Crippen LogP contribution in [0, 0.1) is 0 Å². The third-order valence-corrected chi connectivity index (χ3v) is 2.73. The lowest BCUT2D eigenvalue weighted by Crippen LogP contribution is -2.50. The molecular weight excluding hydrogens is 256 g/mol. The minimum atomic E-state index is -1.44. The number of fused-ring (bicyclic) bond motifs is 1. The molecule has 1 heterocycles. The van der Waals surface area contributed by atoms with Crippen molar-refractivity contribution >= 4 is 17.9 Å². The summed E-state index contributed by atoms with van der Waals surface area (Å²) in [5, 5.41) is 0. The number of methoxy groups -OCH3 is 2. The van der Waals surface area contributed by atoms with Crippen molar-refractivity contribution in [1.82, 2.24) is 0 Å². The Kier molecular flexibility index (Phi) is 3.66. The highest BCUT2D eigenvalue weighted by atomic mass is 16.6. The molecule has 102 valence electrons. The second-order valence-electron chi connectivity index (χ2n) is 3.88. The van der Waals surface area contributed by atoms with Gasteiger partial charge in [-0.3, -0.25) is 0 Å². The van der Waals surface area contributed by atoms with Crippen molar-refractivity contribution in [3.8, 4) is 0 Å². The molecule has 0 saturated carbocycles. The average molecular weight is 268 g/mol. The predicted octanol–water partition coefficient (Wildman–Crippen LogP) is -0.492. The Balaban J connectivity index is 2.17. The SMILES string of the molecule is COC(=O)C1=C[C@H]2OC(C(=O)OC)C(=O)O[C@@H]2C=C1. The van der Waals surface area contributed by atoms with Gasteiger partial charge in [-0.25, -0.2) is 14.4 Å². The minimum absolute atomic E-state index is 0.269. The predicted molar refractivity (Wildman–Crippen MR) is 59.8 cm³/mol. The van der Waals surface area contributed by atoms with Crippen molar-refractivity contribution in [2.45, 2.75) is 18.3 Å². The van der Waals surface area contributed by atoms with E-state index in [0.717, 1.165) is 7.11 Å². The summed E-state index contributed by atoms with van der Waals surface area (Å²) in [5.74, 6) is -2.19. The zero-order valence-electron chi connectivity index (χ0n) is 10.3. The molecule has 3 atom stereocenters. The molecule has 7 nitrogen and oxygen atoms in total. The molecule has 0 spiro atoms. The van der Waals surface area contributed by atoms with E-state index >= 15 is 0 Å². The van der Waals surface area contributed by atoms with Crippen molar-refractivity contribution in [3.63, 3.8) is 0 Å². The van der Waals surface area contributed by atoms with Crippen LogP contribution >= 0.6 is 0 Å². The number of carbonyl (C=O) groups excluding carboxylic acids is 3. The topological polar surface area (TPSA) is 88.1 Å². The van der Waals surface area contributed by atoms with Crippen LogP contribution in [0.4, 0.5) is 0 Å². The van der Waals surface area contributed by atoms with Crippen LogP contribution in [0.15, 0.2) is 23.8 Å². The molecule has 0 amide bonds. The van der Waals surface area contributed by atoms with E-state index < -0.39 is 36.2 Å². The standard InChI is InChI=1S/C12H12O7/c1-16-10(13)6-3-4-7-8(5-6)18-9(11(14)17-2)12(15)19-7/h3-5,7-9H,1-2H3/t7-,8-,9?/m1/s1. The largest absolute Gasteiger partial charge is 0.467 e. The third-order valence-electron chi connectivity index (χ3n) is 2.73. The summed E-state index contributed by atoms with van der Waals surface area (Å²) in [6.45, 7) is 0. The van der Waals surface area contributed by atoms with E-state index in [4.69, 9.17) is 9.47 Å². The molecule has 0 N–H and O–H groups in total. The van der Waals surface area contributed by atoms with Crippen molar-refractivity contribution in [1.29, 1.82) is 0 Å². The minimum Gasteiger partial charge on any atom is -0.467 e. The van der Waals surface area contributed by atoms with E-state index in [0.29, 0.717) is 0 Å². The number of hydrogen-bond donors (Lipinski definition) is 0. The van der Waals surface area contributed by atoms with E-state index in [-0.39, 0.29) is 5.57 Å². The molecule has 2 rings (SSSR count). The first-order valence-corrected chi connectivity index (χ1v) is 5.49. The van der Waals surface area contributed by atoms with E-state index in [1.807, 2.05) is 0 Å². The van der Waals surface area contributed by atoms with E-state index in [1.54, 1.807) is 0 Å². The summed E-state index contributed by atoms with van der Waals surface area (Å²) in [5.41, 5.74) is 0.269. The monoisotopic (exact) mass is 268 g/mol. The second kappa shape index (κ2) is 5.23. The van der Waals surface area contributed by atoms with Gasteiger partial charge in [-0.05, 0) is 18.2 Å². The van der Waals surface area contributed by atoms with Gasteiger partial charge in [0, 0.05) is 0 Å². The Morgan fingerprint density at radius 2 is 1.95 bits per heavy atom. The molecule has 0 aromatic carbocycles. The van der Waals surface area contributed by atoms with Gasteiger partial charge >= 0.3 is 17.9 Å². The van der Waals surface area contributed by atoms with Crippen LogP contribution in [-0.4, -0.2) is 50.4 Å². The molecule has 0 aromatic heterocycles. The van der Waals surface area contributed by atoms with Crippen LogP contribution in [0.5, 0.6) is 0 Å². The quantitative estimate of drug-likeness (QED) is 0.379. The average Bonchev–Trinajstić information content (AvgIpc) is 2.44. The number of esters is 3. The van der Waals surface area contributed by atoms with Gasteiger partial charge in [-0.2, -0.15) is 0 Å². The van der Waals surface area contributed by atoms with Gasteiger partial charge in [-0.15, -0.1) is 0 Å². The lowest BCUT2D eigenvalue weighted by Gasteiger charge is -2.33. The maximum absolute atomic E-state index is 11.5. The summed E-state index contributed by atoms with van der Waals surface area (Å²) in [6.07, 6.45) is 1.60. The summed E-state index contributed by atoms with van der Waals surface area (Å²) in [4.78, 5) is 34.3. The Hall–Kier alpha value is -2.15. The van der Waals surface area contributed by atoms with Crippen LogP contribution in [0.25, 0.3) is 0 Å². The van der Waals surface area contributed by atoms with Gasteiger partial charge in [0.1, 0.15) is 6.10 Å². The van der Waals surface area contributed by atoms with Crippen LogP contribution in [0.1, 0.15) is 0 Å². The molecule has 7 heteroatoms. The molecule has 1 aliphatic carbocycles. The summed E-state index contributed by atoms with van der Waals surface area (Å²) < 4.78 is 19.3. The fraction of sp³-hybridized carbons (Fsp3) is 0.417. The molecule has 2 aliphatic rings. The van der Waals surface area contributed by atoms with Gasteiger partial charge in [0.15, 0.2) is 6.10 Å². The number of carbonyl (C=O) groups is 3. The number of rotatable bonds is 2. The first-order valence-electron chi connectivity index (χ1n) is 5.49. The van der Waals surface area contributed by atoms with Gasteiger partial charge in [-0.1, -0.05) is 0 Å². The van der Waals surface area contributed by atoms with Crippen molar-refractivity contribution in [2.75, 3.05) is 14.2 Å². The smallest absolute Gasteiger partial charge is 0.347 e. The molecule has 0 radical (unpaired) electrons. The van der Waals surface area contributed by atoms with Crippen LogP contribution in [0.2, 0.25) is 0 Å². The highest BCUT2D eigenvalue weighted by Crippen LogP contribution is 2.24. The second-order valence-corrected chi connectivity index (χ2v) is 3.88. The van der Waals surface area contributed by atoms with Crippen molar-refractivity contribution in [3.05, 3.63) is 23.8 Å². The first kappa shape index (κ1) is 13.3. The van der Waals surface area contributed by atoms with E-state index in [9.17, 15) is 14.4 Å². The summed E-state index contributed by atoms with van der Waals surface area (Å²) in [7, 11) is 2.39. The maximum atomic E-state index is 11.5. The zero-order chi connectivity index (χ0) is 14.0. The molecule has 1 unspecified atom stereocenters. The Morgan fingerprint density at radius 3 is 2.58 bits per heavy atom. The van der Waals surface area contributed by atoms with Crippen molar-refractivity contribution in [2.24, 2.45) is 0 Å². The molecular formula is C12H12O7. The Labute approximate surface area is 108 Å². The molecule has 0 bridgehead atoms. The molecule has 1 saturated heterocycles. The van der Waals surface area contributed by atoms with Gasteiger partial charge in [0.05, 0.1) is 19.8 Å². The summed E-state index contributed by atoms with van der Waals surface area (Å²) >= 11 is 0. The third kappa shape index (κ3) is 2.50. The number of ether oxygens (including phenoxy) is 4. The number of hydrogen-bond acceptors (Lipinski definition) is 7. The highest BCUT2D eigenvalue weighted by molar-refractivity contribution is 5.99. The fourth-order valence-electron chi connectivity index (χ4n) is 1.78. The van der Waals surface area contributed by atoms with Crippen molar-refractivity contribution < 1.29 is 33.3 Å². The van der Waals surface area contributed by atoms with E-state index in [2.05, 4.69) is 9.47 Å². The lowest BCUT2D eigenvalue weighted by molar-refractivity contribution is -0.197. The van der Waals surface area contributed by atoms with Crippen LogP contribution < -0.4 is 0 Å². The molecule has 0 aromatic rings. The Bertz CT molecular complexity index is 476. The molecule has 1 fully saturated rings. The first-order chi connectivity index (χ1) is 9.06. The normalized spacial score (nSPS) is 28.8. The Morgan fingerprint density at radius 1 is 1.21 bits per heavy atom. The molecule has 19 heavy (non-hydrogen) atoms. The fourth-order valence-corrected chi connectivity index (χ4v) is 1.78. The zero-order valence-corrected chi connectivity index (χ0v) is 10.3. The highest BCUT2D eigenvalue weighted by Gasteiger charge is 2.42. The van der Waals surface area contributed by atoms with Crippen LogP contribution in [-0.2, 0) is 33.3 Å². The lowest BCUT2D eigenvalue weighted by atomic mass is 10.0. The van der Waals surface area contributed by atoms with Gasteiger partial charge in [0.25, 0.3) is 6.10 Å².